The van der Waals surface area contributed by atoms with Gasteiger partial charge in [-0.05, 0) is 50.6 Å². The number of amides is 2. The number of anilines is 1. The first-order chi connectivity index (χ1) is 15.8. The lowest BCUT2D eigenvalue weighted by Gasteiger charge is -2.33. The Morgan fingerprint density at radius 3 is 2.67 bits per heavy atom. The lowest BCUT2D eigenvalue weighted by Crippen LogP contribution is -2.50. The quantitative estimate of drug-likeness (QED) is 0.603. The number of aromatic nitrogens is 2. The van der Waals surface area contributed by atoms with Gasteiger partial charge in [0.25, 0.3) is 5.91 Å². The van der Waals surface area contributed by atoms with E-state index in [-0.39, 0.29) is 11.8 Å². The second kappa shape index (κ2) is 8.97. The molecule has 172 valence electrons. The van der Waals surface area contributed by atoms with Crippen LogP contribution >= 0.6 is 0 Å². The third-order valence-electron chi connectivity index (χ3n) is 5.85. The van der Waals surface area contributed by atoms with Crippen LogP contribution in [-0.4, -0.2) is 41.4 Å². The van der Waals surface area contributed by atoms with E-state index in [0.29, 0.717) is 29.5 Å². The fourth-order valence-electron chi connectivity index (χ4n) is 4.38. The Kier molecular flexibility index (Phi) is 6.09. The van der Waals surface area contributed by atoms with Crippen molar-refractivity contribution in [3.8, 4) is 11.5 Å². The Labute approximate surface area is 192 Å². The van der Waals surface area contributed by atoms with E-state index in [4.69, 9.17) is 9.47 Å². The number of hydrogen-bond donors (Lipinski definition) is 2. The Hall–Kier alpha value is -3.81. The number of benzene rings is 2. The molecule has 3 aromatic rings. The van der Waals surface area contributed by atoms with E-state index >= 15 is 0 Å². The fourth-order valence-corrected chi connectivity index (χ4v) is 4.38. The van der Waals surface area contributed by atoms with Gasteiger partial charge in [-0.3, -0.25) is 14.3 Å². The molecule has 1 aliphatic heterocycles. The number of ether oxygens (including phenoxy) is 2. The van der Waals surface area contributed by atoms with E-state index in [2.05, 4.69) is 15.7 Å². The maximum Gasteiger partial charge on any atom is 0.251 e. The summed E-state index contributed by atoms with van der Waals surface area (Å²) in [5.74, 6) is 0.732. The molecule has 1 aromatic heterocycles. The lowest BCUT2D eigenvalue weighted by atomic mass is 9.81. The summed E-state index contributed by atoms with van der Waals surface area (Å²) in [5, 5.41) is 10.4. The van der Waals surface area contributed by atoms with Crippen LogP contribution in [-0.2, 0) is 11.8 Å². The summed E-state index contributed by atoms with van der Waals surface area (Å²) in [6.45, 7) is 6.19. The number of nitrogens with zero attached hydrogens (tertiary/aromatic N) is 2. The molecule has 8 heteroatoms. The highest BCUT2D eigenvalue weighted by atomic mass is 16.5. The SMILES string of the molecule is CCOc1cc([C@H]2c3c(C)nn(C)c3NC(=O)[C@@H]2NC(=O)c2cccc(C)c2)ccc1OC. The van der Waals surface area contributed by atoms with Gasteiger partial charge in [-0.1, -0.05) is 23.8 Å². The molecule has 4 rings (SSSR count). The largest absolute Gasteiger partial charge is 0.493 e. The van der Waals surface area contributed by atoms with Crippen molar-refractivity contribution >= 4 is 17.6 Å². The maximum atomic E-state index is 13.2. The monoisotopic (exact) mass is 448 g/mol. The highest BCUT2D eigenvalue weighted by Gasteiger charge is 2.41. The Bertz CT molecular complexity index is 1220. The van der Waals surface area contributed by atoms with E-state index in [9.17, 15) is 9.59 Å². The van der Waals surface area contributed by atoms with Crippen molar-refractivity contribution in [3.63, 3.8) is 0 Å². The van der Waals surface area contributed by atoms with E-state index in [1.807, 2.05) is 51.1 Å². The van der Waals surface area contributed by atoms with Gasteiger partial charge in [-0.2, -0.15) is 5.10 Å². The van der Waals surface area contributed by atoms with Crippen LogP contribution in [0.5, 0.6) is 11.5 Å². The predicted molar refractivity (Wildman–Crippen MR) is 125 cm³/mol. The van der Waals surface area contributed by atoms with E-state index < -0.39 is 12.0 Å². The number of hydrogen-bond acceptors (Lipinski definition) is 5. The molecule has 0 radical (unpaired) electrons. The number of carbonyl (C=O) groups is 2. The van der Waals surface area contributed by atoms with Crippen LogP contribution in [0.15, 0.2) is 42.5 Å². The number of carbonyl (C=O) groups excluding carboxylic acids is 2. The molecule has 1 aliphatic rings. The number of fused-ring (bicyclic) bond motifs is 1. The van der Waals surface area contributed by atoms with Gasteiger partial charge in [0.05, 0.1) is 19.4 Å². The van der Waals surface area contributed by atoms with Gasteiger partial charge in [0, 0.05) is 24.1 Å². The van der Waals surface area contributed by atoms with Gasteiger partial charge >= 0.3 is 0 Å². The minimum atomic E-state index is -0.837. The predicted octanol–water partition coefficient (Wildman–Crippen LogP) is 3.33. The van der Waals surface area contributed by atoms with Crippen molar-refractivity contribution in [2.45, 2.75) is 32.7 Å². The average Bonchev–Trinajstić information content (AvgIpc) is 3.07. The van der Waals surface area contributed by atoms with Crippen molar-refractivity contribution in [2.75, 3.05) is 19.0 Å². The summed E-state index contributed by atoms with van der Waals surface area (Å²) >= 11 is 0. The minimum absolute atomic E-state index is 0.301. The minimum Gasteiger partial charge on any atom is -0.493 e. The van der Waals surface area contributed by atoms with Crippen molar-refractivity contribution < 1.29 is 19.1 Å². The Morgan fingerprint density at radius 2 is 1.97 bits per heavy atom. The van der Waals surface area contributed by atoms with Gasteiger partial charge in [-0.15, -0.1) is 0 Å². The highest BCUT2D eigenvalue weighted by molar-refractivity contribution is 6.04. The molecule has 0 spiro atoms. The van der Waals surface area contributed by atoms with Crippen molar-refractivity contribution in [1.82, 2.24) is 15.1 Å². The molecule has 0 fully saturated rings. The first-order valence-electron chi connectivity index (χ1n) is 10.9. The summed E-state index contributed by atoms with van der Waals surface area (Å²) in [4.78, 5) is 26.3. The zero-order valence-electron chi connectivity index (χ0n) is 19.4. The fraction of sp³-hybridized carbons (Fsp3) is 0.320. The van der Waals surface area contributed by atoms with E-state index in [1.54, 1.807) is 31.0 Å². The third-order valence-corrected chi connectivity index (χ3v) is 5.85. The highest BCUT2D eigenvalue weighted by Crippen LogP contribution is 2.41. The van der Waals surface area contributed by atoms with Crippen molar-refractivity contribution in [1.29, 1.82) is 0 Å². The summed E-state index contributed by atoms with van der Waals surface area (Å²) in [6, 6.07) is 12.0. The molecule has 2 N–H and O–H groups in total. The smallest absolute Gasteiger partial charge is 0.251 e. The molecular formula is C25H28N4O4. The molecule has 8 nitrogen and oxygen atoms in total. The van der Waals surface area contributed by atoms with Crippen LogP contribution in [0.3, 0.4) is 0 Å². The lowest BCUT2D eigenvalue weighted by molar-refractivity contribution is -0.118. The number of aryl methyl sites for hydroxylation is 3. The molecule has 0 bridgehead atoms. The van der Waals surface area contributed by atoms with Crippen molar-refractivity contribution in [2.24, 2.45) is 7.05 Å². The van der Waals surface area contributed by atoms with Crippen LogP contribution in [0.25, 0.3) is 0 Å². The molecule has 0 saturated heterocycles. The first-order valence-corrected chi connectivity index (χ1v) is 10.9. The van der Waals surface area contributed by atoms with Crippen LogP contribution in [0.1, 0.15) is 45.6 Å². The molecular weight excluding hydrogens is 420 g/mol. The van der Waals surface area contributed by atoms with Crippen LogP contribution in [0, 0.1) is 13.8 Å². The summed E-state index contributed by atoms with van der Waals surface area (Å²) in [5.41, 5.74) is 3.93. The second-order valence-corrected chi connectivity index (χ2v) is 8.10. The number of rotatable bonds is 6. The zero-order valence-corrected chi connectivity index (χ0v) is 19.4. The summed E-state index contributed by atoms with van der Waals surface area (Å²) < 4.78 is 12.9. The molecule has 2 amide bonds. The topological polar surface area (TPSA) is 94.5 Å². The summed E-state index contributed by atoms with van der Waals surface area (Å²) in [6.07, 6.45) is 0. The van der Waals surface area contributed by atoms with E-state index in [1.165, 1.54) is 0 Å². The van der Waals surface area contributed by atoms with Gasteiger partial charge in [0.2, 0.25) is 5.91 Å². The van der Waals surface area contributed by atoms with Crippen LogP contribution in [0.2, 0.25) is 0 Å². The molecule has 2 aromatic carbocycles. The van der Waals surface area contributed by atoms with Crippen LogP contribution in [0.4, 0.5) is 5.82 Å². The normalized spacial score (nSPS) is 17.2. The van der Waals surface area contributed by atoms with Crippen molar-refractivity contribution in [3.05, 3.63) is 70.4 Å². The maximum absolute atomic E-state index is 13.2. The molecule has 0 saturated carbocycles. The number of nitrogens with one attached hydrogen (secondary N) is 2. The van der Waals surface area contributed by atoms with E-state index in [0.717, 1.165) is 22.4 Å². The standard InChI is InChI=1S/C25H28N4O4/c1-6-33-19-13-16(10-11-18(19)32-5)21-20-15(3)28-29(4)23(20)27-25(31)22(21)26-24(30)17-9-7-8-14(2)12-17/h7-13,21-22H,6H2,1-5H3,(H,26,30)(H,27,31)/t21-,22+/m0/s1. The third kappa shape index (κ3) is 4.16. The molecule has 2 heterocycles. The Balaban J connectivity index is 1.81. The Morgan fingerprint density at radius 1 is 1.18 bits per heavy atom. The van der Waals surface area contributed by atoms with Gasteiger partial charge in [0.1, 0.15) is 11.9 Å². The molecule has 33 heavy (non-hydrogen) atoms. The number of methoxy groups -OCH3 is 1. The van der Waals surface area contributed by atoms with Crippen LogP contribution < -0.4 is 20.1 Å². The first kappa shape index (κ1) is 22.4. The summed E-state index contributed by atoms with van der Waals surface area (Å²) in [7, 11) is 3.37. The molecule has 0 aliphatic carbocycles. The van der Waals surface area contributed by atoms with Gasteiger partial charge < -0.3 is 20.1 Å². The molecule has 0 unspecified atom stereocenters. The zero-order chi connectivity index (χ0) is 23.7. The second-order valence-electron chi connectivity index (χ2n) is 8.10. The van der Waals surface area contributed by atoms with Gasteiger partial charge in [0.15, 0.2) is 11.5 Å². The average molecular weight is 449 g/mol. The van der Waals surface area contributed by atoms with Gasteiger partial charge in [-0.25, -0.2) is 0 Å². The molecule has 2 atom stereocenters.